The molecule has 2 rings (SSSR count). The molecule has 0 radical (unpaired) electrons. The van der Waals surface area contributed by atoms with Crippen molar-refractivity contribution in [2.24, 2.45) is 0 Å². The van der Waals surface area contributed by atoms with Gasteiger partial charge in [0.2, 0.25) is 0 Å². The van der Waals surface area contributed by atoms with E-state index in [-0.39, 0.29) is 10.7 Å². The lowest BCUT2D eigenvalue weighted by molar-refractivity contribution is 0.601. The summed E-state index contributed by atoms with van der Waals surface area (Å²) in [6, 6.07) is 7.85. The Labute approximate surface area is 136 Å². The van der Waals surface area contributed by atoms with Crippen LogP contribution in [0.2, 0.25) is 5.02 Å². The Morgan fingerprint density at radius 2 is 2.05 bits per heavy atom. The van der Waals surface area contributed by atoms with Crippen molar-refractivity contribution < 1.29 is 8.42 Å². The van der Waals surface area contributed by atoms with Gasteiger partial charge < -0.3 is 5.32 Å². The van der Waals surface area contributed by atoms with E-state index in [1.165, 1.54) is 12.3 Å². The molecule has 0 aliphatic rings. The summed E-state index contributed by atoms with van der Waals surface area (Å²) in [6.45, 7) is 0.485. The maximum atomic E-state index is 12.3. The number of anilines is 1. The van der Waals surface area contributed by atoms with Crippen LogP contribution in [0.4, 0.5) is 5.82 Å². The average Bonchev–Trinajstić information content (AvgIpc) is 2.43. The van der Waals surface area contributed by atoms with Gasteiger partial charge in [-0.3, -0.25) is 4.72 Å². The van der Waals surface area contributed by atoms with Gasteiger partial charge in [0.1, 0.15) is 5.82 Å². The van der Waals surface area contributed by atoms with Gasteiger partial charge >= 0.3 is 0 Å². The van der Waals surface area contributed by atoms with E-state index in [1.807, 2.05) is 0 Å². The molecule has 2 aromatic rings. The standard InChI is InChI=1S/C13H13BrClN3O2S/c1-16-7-9-6-11(3-4-12(9)15)21(19,20)18-13-5-2-10(14)8-17-13/h2-6,8,16H,7H2,1H3,(H,17,18). The maximum absolute atomic E-state index is 12.3. The molecule has 1 aromatic carbocycles. The minimum Gasteiger partial charge on any atom is -0.316 e. The number of aromatic nitrogens is 1. The Balaban J connectivity index is 2.31. The van der Waals surface area contributed by atoms with Crippen molar-refractivity contribution in [2.45, 2.75) is 11.4 Å². The molecule has 8 heteroatoms. The molecule has 112 valence electrons. The van der Waals surface area contributed by atoms with E-state index >= 15 is 0 Å². The molecular weight excluding hydrogens is 378 g/mol. The molecule has 0 saturated carbocycles. The summed E-state index contributed by atoms with van der Waals surface area (Å²) in [5, 5.41) is 3.46. The van der Waals surface area contributed by atoms with Crippen LogP contribution < -0.4 is 10.0 Å². The van der Waals surface area contributed by atoms with Crippen molar-refractivity contribution in [3.8, 4) is 0 Å². The van der Waals surface area contributed by atoms with Crippen LogP contribution in [-0.4, -0.2) is 20.4 Å². The number of halogens is 2. The highest BCUT2D eigenvalue weighted by Crippen LogP contribution is 2.22. The highest BCUT2D eigenvalue weighted by Gasteiger charge is 2.16. The Kier molecular flexibility index (Phi) is 5.21. The van der Waals surface area contributed by atoms with Crippen LogP contribution in [-0.2, 0) is 16.6 Å². The van der Waals surface area contributed by atoms with Gasteiger partial charge in [0.15, 0.2) is 0 Å². The summed E-state index contributed by atoms with van der Waals surface area (Å²) in [5.74, 6) is 0.253. The highest BCUT2D eigenvalue weighted by atomic mass is 79.9. The Morgan fingerprint density at radius 1 is 1.29 bits per heavy atom. The topological polar surface area (TPSA) is 71.1 Å². The van der Waals surface area contributed by atoms with E-state index in [4.69, 9.17) is 11.6 Å². The van der Waals surface area contributed by atoms with Crippen LogP contribution in [0, 0.1) is 0 Å². The summed E-state index contributed by atoms with van der Waals surface area (Å²) >= 11 is 9.27. The molecule has 1 heterocycles. The molecule has 0 aliphatic carbocycles. The number of hydrogen-bond donors (Lipinski definition) is 2. The third-order valence-corrected chi connectivity index (χ3v) is 4.85. The van der Waals surface area contributed by atoms with E-state index in [1.54, 1.807) is 31.3 Å². The van der Waals surface area contributed by atoms with Gasteiger partial charge in [-0.1, -0.05) is 11.6 Å². The fourth-order valence-corrected chi connectivity index (χ4v) is 3.15. The molecule has 0 saturated heterocycles. The van der Waals surface area contributed by atoms with Gasteiger partial charge in [0, 0.05) is 22.2 Å². The predicted octanol–water partition coefficient (Wildman–Crippen LogP) is 3.02. The first-order chi connectivity index (χ1) is 9.92. The number of hydrogen-bond acceptors (Lipinski definition) is 4. The third-order valence-electron chi connectivity index (χ3n) is 2.66. The van der Waals surface area contributed by atoms with E-state index in [9.17, 15) is 8.42 Å². The van der Waals surface area contributed by atoms with Gasteiger partial charge in [0.25, 0.3) is 10.0 Å². The average molecular weight is 391 g/mol. The van der Waals surface area contributed by atoms with Crippen LogP contribution >= 0.6 is 27.5 Å². The SMILES string of the molecule is CNCc1cc(S(=O)(=O)Nc2ccc(Br)cn2)ccc1Cl. The van der Waals surface area contributed by atoms with Crippen molar-refractivity contribution in [1.29, 1.82) is 0 Å². The molecule has 0 spiro atoms. The maximum Gasteiger partial charge on any atom is 0.263 e. The number of nitrogens with one attached hydrogen (secondary N) is 2. The molecular formula is C13H13BrClN3O2S. The quantitative estimate of drug-likeness (QED) is 0.823. The smallest absolute Gasteiger partial charge is 0.263 e. The number of benzene rings is 1. The molecule has 0 unspecified atom stereocenters. The van der Waals surface area contributed by atoms with Gasteiger partial charge in [0.05, 0.1) is 4.90 Å². The number of pyridine rings is 1. The summed E-state index contributed by atoms with van der Waals surface area (Å²) < 4.78 is 27.9. The Hall–Kier alpha value is -1.15. The molecule has 2 N–H and O–H groups in total. The van der Waals surface area contributed by atoms with Gasteiger partial charge in [-0.05, 0) is 58.9 Å². The zero-order valence-corrected chi connectivity index (χ0v) is 14.3. The third kappa shape index (κ3) is 4.16. The van der Waals surface area contributed by atoms with Crippen LogP contribution in [0.15, 0.2) is 45.9 Å². The second-order valence-corrected chi connectivity index (χ2v) is 7.26. The van der Waals surface area contributed by atoms with Crippen molar-refractivity contribution in [3.05, 3.63) is 51.6 Å². The van der Waals surface area contributed by atoms with Crippen LogP contribution in [0.1, 0.15) is 5.56 Å². The van der Waals surface area contributed by atoms with Gasteiger partial charge in [-0.15, -0.1) is 0 Å². The summed E-state index contributed by atoms with van der Waals surface area (Å²) in [7, 11) is -1.93. The van der Waals surface area contributed by atoms with E-state index < -0.39 is 10.0 Å². The predicted molar refractivity (Wildman–Crippen MR) is 87.0 cm³/mol. The van der Waals surface area contributed by atoms with E-state index in [0.29, 0.717) is 17.1 Å². The minimum absolute atomic E-state index is 0.141. The Morgan fingerprint density at radius 3 is 2.67 bits per heavy atom. The van der Waals surface area contributed by atoms with E-state index in [0.717, 1.165) is 4.47 Å². The van der Waals surface area contributed by atoms with Crippen molar-refractivity contribution >= 4 is 43.4 Å². The van der Waals surface area contributed by atoms with Crippen LogP contribution in [0.25, 0.3) is 0 Å². The fraction of sp³-hybridized carbons (Fsp3) is 0.154. The fourth-order valence-electron chi connectivity index (χ4n) is 1.68. The first-order valence-electron chi connectivity index (χ1n) is 6.00. The largest absolute Gasteiger partial charge is 0.316 e. The lowest BCUT2D eigenvalue weighted by Gasteiger charge is -2.10. The van der Waals surface area contributed by atoms with Crippen molar-refractivity contribution in [1.82, 2.24) is 10.3 Å². The van der Waals surface area contributed by atoms with Crippen LogP contribution in [0.3, 0.4) is 0 Å². The Bertz CT molecular complexity index is 736. The number of nitrogens with zero attached hydrogens (tertiary/aromatic N) is 1. The number of rotatable bonds is 5. The second kappa shape index (κ2) is 6.74. The molecule has 0 aliphatic heterocycles. The molecule has 0 atom stereocenters. The monoisotopic (exact) mass is 389 g/mol. The molecule has 0 fully saturated rings. The first-order valence-corrected chi connectivity index (χ1v) is 8.65. The summed E-state index contributed by atoms with van der Waals surface area (Å²) in [6.07, 6.45) is 1.52. The number of sulfonamides is 1. The van der Waals surface area contributed by atoms with Crippen molar-refractivity contribution in [2.75, 3.05) is 11.8 Å². The first kappa shape index (κ1) is 16.2. The van der Waals surface area contributed by atoms with Crippen LogP contribution in [0.5, 0.6) is 0 Å². The van der Waals surface area contributed by atoms with Gasteiger partial charge in [-0.2, -0.15) is 0 Å². The lowest BCUT2D eigenvalue weighted by Crippen LogP contribution is -2.15. The normalized spacial score (nSPS) is 11.4. The zero-order chi connectivity index (χ0) is 15.5. The second-order valence-electron chi connectivity index (χ2n) is 4.25. The molecule has 5 nitrogen and oxygen atoms in total. The summed E-state index contributed by atoms with van der Waals surface area (Å²) in [4.78, 5) is 4.13. The molecule has 0 bridgehead atoms. The lowest BCUT2D eigenvalue weighted by atomic mass is 10.2. The van der Waals surface area contributed by atoms with Gasteiger partial charge in [-0.25, -0.2) is 13.4 Å². The van der Waals surface area contributed by atoms with Crippen molar-refractivity contribution in [3.63, 3.8) is 0 Å². The molecule has 0 amide bonds. The highest BCUT2D eigenvalue weighted by molar-refractivity contribution is 9.10. The van der Waals surface area contributed by atoms with E-state index in [2.05, 4.69) is 31.0 Å². The zero-order valence-electron chi connectivity index (χ0n) is 11.1. The molecule has 21 heavy (non-hydrogen) atoms. The molecule has 1 aromatic heterocycles. The minimum atomic E-state index is -3.70. The summed E-state index contributed by atoms with van der Waals surface area (Å²) in [5.41, 5.74) is 0.714.